The van der Waals surface area contributed by atoms with Crippen molar-refractivity contribution >= 4 is 33.9 Å². The van der Waals surface area contributed by atoms with Gasteiger partial charge in [-0.15, -0.1) is 6.42 Å². The van der Waals surface area contributed by atoms with Crippen LogP contribution in [0.1, 0.15) is 5.56 Å². The second-order valence-electron chi connectivity index (χ2n) is 3.67. The summed E-state index contributed by atoms with van der Waals surface area (Å²) in [4.78, 5) is 22.1. The van der Waals surface area contributed by atoms with Crippen molar-refractivity contribution in [3.05, 3.63) is 33.8 Å². The molecule has 0 saturated carbocycles. The summed E-state index contributed by atoms with van der Waals surface area (Å²) in [6.45, 7) is 0.123. The van der Waals surface area contributed by atoms with Crippen LogP contribution in [0.15, 0.2) is 28.2 Å². The van der Waals surface area contributed by atoms with Gasteiger partial charge in [-0.2, -0.15) is 5.26 Å². The Bertz CT molecular complexity index is 684. The van der Waals surface area contributed by atoms with Crippen LogP contribution >= 0.6 is 15.9 Å². The van der Waals surface area contributed by atoms with E-state index in [9.17, 15) is 9.59 Å². The Labute approximate surface area is 129 Å². The van der Waals surface area contributed by atoms with Crippen molar-refractivity contribution in [3.8, 4) is 24.2 Å². The van der Waals surface area contributed by atoms with Crippen molar-refractivity contribution in [1.29, 1.82) is 5.26 Å². The molecule has 0 aliphatic carbocycles. The first kappa shape index (κ1) is 16.3. The molecule has 106 valence electrons. The van der Waals surface area contributed by atoms with Crippen molar-refractivity contribution in [1.82, 2.24) is 5.32 Å². The van der Waals surface area contributed by atoms with E-state index in [0.717, 1.165) is 0 Å². The summed E-state index contributed by atoms with van der Waals surface area (Å²) in [5, 5.41) is 10.7. The Morgan fingerprint density at radius 3 is 2.76 bits per heavy atom. The van der Waals surface area contributed by atoms with E-state index < -0.39 is 11.9 Å². The van der Waals surface area contributed by atoms with Crippen molar-refractivity contribution in [2.24, 2.45) is 5.73 Å². The second kappa shape index (κ2) is 7.73. The predicted octanol–water partition coefficient (Wildman–Crippen LogP) is 1.56. The van der Waals surface area contributed by atoms with Gasteiger partial charge in [0.15, 0.2) is 0 Å². The summed E-state index contributed by atoms with van der Waals surface area (Å²) in [5.74, 6) is 2.00. The molecular weight excluding hydrogens is 338 g/mol. The number of hydrogen-bond acceptors (Lipinski definition) is 4. The fourth-order valence-corrected chi connectivity index (χ4v) is 1.85. The number of terminal acetylenes is 1. The zero-order valence-electron chi connectivity index (χ0n) is 10.7. The quantitative estimate of drug-likeness (QED) is 0.489. The Morgan fingerprint density at radius 1 is 1.52 bits per heavy atom. The molecule has 0 aliphatic heterocycles. The number of imide groups is 1. The molecule has 0 atom stereocenters. The first-order chi connectivity index (χ1) is 9.97. The number of benzene rings is 1. The van der Waals surface area contributed by atoms with Crippen LogP contribution in [0, 0.1) is 23.7 Å². The molecule has 0 fully saturated rings. The van der Waals surface area contributed by atoms with Gasteiger partial charge in [-0.25, -0.2) is 4.79 Å². The van der Waals surface area contributed by atoms with Crippen LogP contribution in [-0.4, -0.2) is 18.5 Å². The van der Waals surface area contributed by atoms with Crippen molar-refractivity contribution in [2.75, 3.05) is 6.61 Å². The number of hydrogen-bond donors (Lipinski definition) is 2. The number of nitrogens with zero attached hydrogens (tertiary/aromatic N) is 1. The van der Waals surface area contributed by atoms with Crippen LogP contribution in [0.4, 0.5) is 4.79 Å². The third-order valence-electron chi connectivity index (χ3n) is 2.18. The SMILES string of the molecule is C#CCOc1ccc(/C=C(/C#N)C(=O)NC(N)=O)cc1Br. The lowest BCUT2D eigenvalue weighted by molar-refractivity contribution is -0.115. The van der Waals surface area contributed by atoms with Gasteiger partial charge in [0.2, 0.25) is 0 Å². The van der Waals surface area contributed by atoms with Crippen molar-refractivity contribution < 1.29 is 14.3 Å². The number of halogens is 1. The highest BCUT2D eigenvalue weighted by molar-refractivity contribution is 9.10. The summed E-state index contributed by atoms with van der Waals surface area (Å²) in [6.07, 6.45) is 6.41. The standard InChI is InChI=1S/C14H10BrN3O3/c1-2-5-21-12-4-3-9(7-11(12)15)6-10(8-16)13(19)18-14(17)20/h1,3-4,6-7H,5H2,(H3,17,18,19,20)/b10-6-. The highest BCUT2D eigenvalue weighted by atomic mass is 79.9. The van der Waals surface area contributed by atoms with Crippen LogP contribution in [0.5, 0.6) is 5.75 Å². The summed E-state index contributed by atoms with van der Waals surface area (Å²) in [6, 6.07) is 5.57. The van der Waals surface area contributed by atoms with Gasteiger partial charge in [0.05, 0.1) is 4.47 Å². The number of ether oxygens (including phenoxy) is 1. The van der Waals surface area contributed by atoms with E-state index in [4.69, 9.17) is 22.2 Å². The number of rotatable bonds is 4. The normalized spacial score (nSPS) is 10.1. The number of nitriles is 1. The molecule has 3 N–H and O–H groups in total. The van der Waals surface area contributed by atoms with Gasteiger partial charge in [0.25, 0.3) is 5.91 Å². The predicted molar refractivity (Wildman–Crippen MR) is 79.8 cm³/mol. The number of amides is 3. The largest absolute Gasteiger partial charge is 0.480 e. The first-order valence-electron chi connectivity index (χ1n) is 5.56. The highest BCUT2D eigenvalue weighted by Gasteiger charge is 2.11. The number of carbonyl (C=O) groups excluding carboxylic acids is 2. The van der Waals surface area contributed by atoms with Crippen LogP contribution in [0.25, 0.3) is 6.08 Å². The molecule has 0 heterocycles. The molecule has 21 heavy (non-hydrogen) atoms. The number of carbonyl (C=O) groups is 2. The van der Waals surface area contributed by atoms with E-state index in [1.807, 2.05) is 5.32 Å². The summed E-state index contributed by atoms with van der Waals surface area (Å²) >= 11 is 3.29. The van der Waals surface area contributed by atoms with Crippen LogP contribution < -0.4 is 15.8 Å². The number of nitrogens with two attached hydrogens (primary N) is 1. The summed E-state index contributed by atoms with van der Waals surface area (Å²) in [5.41, 5.74) is 5.13. The van der Waals surface area contributed by atoms with E-state index in [2.05, 4.69) is 21.9 Å². The average Bonchev–Trinajstić information content (AvgIpc) is 2.43. The molecule has 1 rings (SSSR count). The third kappa shape index (κ3) is 5.01. The molecule has 1 aromatic rings. The van der Waals surface area contributed by atoms with Gasteiger partial charge < -0.3 is 10.5 Å². The third-order valence-corrected chi connectivity index (χ3v) is 2.80. The molecule has 0 radical (unpaired) electrons. The van der Waals surface area contributed by atoms with Gasteiger partial charge >= 0.3 is 6.03 Å². The van der Waals surface area contributed by atoms with E-state index in [0.29, 0.717) is 15.8 Å². The summed E-state index contributed by atoms with van der Waals surface area (Å²) < 4.78 is 5.87. The number of nitrogens with one attached hydrogen (secondary N) is 1. The lowest BCUT2D eigenvalue weighted by Crippen LogP contribution is -2.35. The van der Waals surface area contributed by atoms with Crippen LogP contribution in [-0.2, 0) is 4.79 Å². The Kier molecular flexibility index (Phi) is 5.99. The lowest BCUT2D eigenvalue weighted by Gasteiger charge is -2.06. The summed E-state index contributed by atoms with van der Waals surface area (Å²) in [7, 11) is 0. The van der Waals surface area contributed by atoms with Crippen molar-refractivity contribution in [2.45, 2.75) is 0 Å². The maximum absolute atomic E-state index is 11.5. The zero-order chi connectivity index (χ0) is 15.8. The molecule has 0 aromatic heterocycles. The minimum absolute atomic E-state index is 0.123. The molecule has 6 nitrogen and oxygen atoms in total. The highest BCUT2D eigenvalue weighted by Crippen LogP contribution is 2.26. The Morgan fingerprint density at radius 2 is 2.24 bits per heavy atom. The minimum Gasteiger partial charge on any atom is -0.480 e. The van der Waals surface area contributed by atoms with Crippen molar-refractivity contribution in [3.63, 3.8) is 0 Å². The van der Waals surface area contributed by atoms with E-state index >= 15 is 0 Å². The van der Waals surface area contributed by atoms with E-state index in [1.54, 1.807) is 24.3 Å². The first-order valence-corrected chi connectivity index (χ1v) is 6.35. The minimum atomic E-state index is -1.03. The van der Waals surface area contributed by atoms with Crippen LogP contribution in [0.3, 0.4) is 0 Å². The van der Waals surface area contributed by atoms with Gasteiger partial charge in [0, 0.05) is 0 Å². The number of primary amides is 1. The molecule has 7 heteroatoms. The molecular formula is C14H10BrN3O3. The zero-order valence-corrected chi connectivity index (χ0v) is 12.3. The van der Waals surface area contributed by atoms with E-state index in [-0.39, 0.29) is 12.2 Å². The Hall–Kier alpha value is -2.77. The average molecular weight is 348 g/mol. The molecule has 0 spiro atoms. The topological polar surface area (TPSA) is 105 Å². The van der Waals surface area contributed by atoms with Gasteiger partial charge in [0.1, 0.15) is 24.0 Å². The maximum atomic E-state index is 11.5. The van der Waals surface area contributed by atoms with Gasteiger partial charge in [-0.05, 0) is 39.7 Å². The van der Waals surface area contributed by atoms with Gasteiger partial charge in [-0.1, -0.05) is 12.0 Å². The molecule has 0 unspecified atom stereocenters. The lowest BCUT2D eigenvalue weighted by atomic mass is 10.1. The second-order valence-corrected chi connectivity index (χ2v) is 4.53. The molecule has 0 bridgehead atoms. The number of urea groups is 1. The maximum Gasteiger partial charge on any atom is 0.319 e. The molecule has 3 amide bonds. The van der Waals surface area contributed by atoms with Crippen LogP contribution in [0.2, 0.25) is 0 Å². The van der Waals surface area contributed by atoms with E-state index in [1.165, 1.54) is 6.08 Å². The smallest absolute Gasteiger partial charge is 0.319 e. The fourth-order valence-electron chi connectivity index (χ4n) is 1.34. The molecule has 0 aliphatic rings. The fraction of sp³-hybridized carbons (Fsp3) is 0.0714. The van der Waals surface area contributed by atoms with Gasteiger partial charge in [-0.3, -0.25) is 10.1 Å². The Balaban J connectivity index is 3.00. The monoisotopic (exact) mass is 347 g/mol. The molecule has 1 aromatic carbocycles. The molecule has 0 saturated heterocycles.